The molecule has 16 heteroatoms. The van der Waals surface area contributed by atoms with Crippen molar-refractivity contribution in [2.75, 3.05) is 12.8 Å². The number of amides is 2. The van der Waals surface area contributed by atoms with Gasteiger partial charge in [0.05, 0.1) is 30.1 Å². The fourth-order valence-electron chi connectivity index (χ4n) is 3.91. The third-order valence-electron chi connectivity index (χ3n) is 6.26. The number of carboxylic acid groups (broad SMARTS) is 1. The maximum absolute atomic E-state index is 12.5. The number of nitrogens with two attached hydrogens (primary N) is 3. The Kier molecular flexibility index (Phi) is 9.82. The average molecular weight is 607 g/mol. The smallest absolute Gasteiger partial charge is 0.419 e. The lowest BCUT2D eigenvalue weighted by Gasteiger charge is -2.07. The van der Waals surface area contributed by atoms with Gasteiger partial charge >= 0.3 is 17.7 Å². The number of fused-ring (bicyclic) bond motifs is 2. The van der Waals surface area contributed by atoms with E-state index in [0.717, 1.165) is 16.1 Å². The molecule has 1 atom stereocenters. The topological polar surface area (TPSA) is 253 Å². The third-order valence-corrected chi connectivity index (χ3v) is 6.26. The van der Waals surface area contributed by atoms with Crippen LogP contribution in [0.1, 0.15) is 55.9 Å². The van der Waals surface area contributed by atoms with Crippen molar-refractivity contribution in [2.45, 2.75) is 20.0 Å². The van der Waals surface area contributed by atoms with Crippen molar-refractivity contribution in [2.24, 2.45) is 18.5 Å². The van der Waals surface area contributed by atoms with Crippen LogP contribution in [0, 0.1) is 0 Å². The van der Waals surface area contributed by atoms with Crippen LogP contribution in [-0.2, 0) is 23.1 Å². The maximum Gasteiger partial charge on any atom is 0.419 e. The summed E-state index contributed by atoms with van der Waals surface area (Å²) in [6, 6.07) is 11.5. The average Bonchev–Trinajstić information content (AvgIpc) is 3.52. The lowest BCUT2D eigenvalue weighted by atomic mass is 10.1. The van der Waals surface area contributed by atoms with Crippen molar-refractivity contribution < 1.29 is 33.4 Å². The van der Waals surface area contributed by atoms with Crippen LogP contribution in [0.4, 0.5) is 5.69 Å². The first-order valence-electron chi connectivity index (χ1n) is 12.4. The fourth-order valence-corrected chi connectivity index (χ4v) is 3.91. The minimum Gasteiger partial charge on any atom is -0.477 e. The molecule has 0 aliphatic carbocycles. The second kappa shape index (κ2) is 13.3. The van der Waals surface area contributed by atoms with E-state index in [1.165, 1.54) is 30.0 Å². The number of carboxylic acids is 1. The summed E-state index contributed by atoms with van der Waals surface area (Å²) in [5, 5.41) is 15.9. The number of hydrogen-bond acceptors (Lipinski definition) is 11. The first-order valence-corrected chi connectivity index (χ1v) is 12.4. The number of aryl methyl sites for hydroxylation is 1. The van der Waals surface area contributed by atoms with Crippen LogP contribution >= 0.6 is 0 Å². The van der Waals surface area contributed by atoms with Gasteiger partial charge in [0.2, 0.25) is 5.91 Å². The van der Waals surface area contributed by atoms with Gasteiger partial charge in [-0.15, -0.1) is 0 Å². The van der Waals surface area contributed by atoms with Crippen LogP contribution < -0.4 is 28.3 Å². The summed E-state index contributed by atoms with van der Waals surface area (Å²) in [7, 11) is 2.88. The molecule has 0 bridgehead atoms. The van der Waals surface area contributed by atoms with E-state index < -0.39 is 35.6 Å². The molecule has 0 aliphatic rings. The molecule has 44 heavy (non-hydrogen) atoms. The molecule has 0 aliphatic heterocycles. The van der Waals surface area contributed by atoms with Gasteiger partial charge in [0.1, 0.15) is 11.7 Å². The number of rotatable bonds is 7. The first kappa shape index (κ1) is 32.5. The molecule has 230 valence electrons. The van der Waals surface area contributed by atoms with E-state index in [4.69, 9.17) is 21.6 Å². The van der Waals surface area contributed by atoms with Crippen LogP contribution in [0.25, 0.3) is 16.7 Å². The van der Waals surface area contributed by atoms with Gasteiger partial charge in [-0.05, 0) is 35.4 Å². The van der Waals surface area contributed by atoms with Gasteiger partial charge in [-0.2, -0.15) is 5.10 Å². The Morgan fingerprint density at radius 2 is 1.80 bits per heavy atom. The second-order valence-electron chi connectivity index (χ2n) is 9.07. The van der Waals surface area contributed by atoms with Crippen LogP contribution in [0.3, 0.4) is 0 Å². The van der Waals surface area contributed by atoms with Gasteiger partial charge < -0.3 is 36.8 Å². The third kappa shape index (κ3) is 6.71. The number of aromatic carboxylic acids is 1. The van der Waals surface area contributed by atoms with Gasteiger partial charge in [0.15, 0.2) is 16.9 Å². The van der Waals surface area contributed by atoms with E-state index >= 15 is 0 Å². The fraction of sp³-hybridized carbons (Fsp3) is 0.179. The largest absolute Gasteiger partial charge is 0.477 e. The number of primary amides is 1. The van der Waals surface area contributed by atoms with Gasteiger partial charge in [-0.1, -0.05) is 25.6 Å². The number of benzene rings is 2. The van der Waals surface area contributed by atoms with E-state index in [2.05, 4.69) is 20.1 Å². The number of esters is 1. The zero-order valence-electron chi connectivity index (χ0n) is 22.8. The molecule has 8 N–H and O–H groups in total. The minimum atomic E-state index is -1.27. The van der Waals surface area contributed by atoms with Crippen LogP contribution in [0.2, 0.25) is 0 Å². The Bertz CT molecular complexity index is 1920. The Morgan fingerprint density at radius 3 is 2.41 bits per heavy atom. The highest BCUT2D eigenvalue weighted by molar-refractivity contribution is 5.96. The molecular formula is C28H30N8O8. The van der Waals surface area contributed by atoms with Crippen LogP contribution in [-0.4, -0.2) is 55.1 Å². The number of nitrogens with zero attached hydrogens (tertiary/aromatic N) is 4. The predicted octanol–water partition coefficient (Wildman–Crippen LogP) is 0.979. The molecule has 0 saturated carbocycles. The van der Waals surface area contributed by atoms with Gasteiger partial charge in [-0.3, -0.25) is 14.2 Å². The lowest BCUT2D eigenvalue weighted by Crippen LogP contribution is -2.28. The van der Waals surface area contributed by atoms with Crippen molar-refractivity contribution in [1.29, 1.82) is 0 Å². The standard InChI is InChI=1S/C17H14N6O5.C10H12N2O3.CH4/c1-22-11-4-8(2-3-13(11)28-17(22)27)6-19-15(24)10-5-12(16(25)26)23-14(21-10)9(18)7-20-23;1-15-10(14)7-4-2-6(3-5-7)8(11)9(12)13;/h2-5,7H,6,18H2,1H3,(H,19,24)(H,25,26);2-5,8H,11H2,1H3,(H2,12,13);1H4/t;8-;/m.1./s1. The van der Waals surface area contributed by atoms with Crippen molar-refractivity contribution >= 4 is 46.2 Å². The summed E-state index contributed by atoms with van der Waals surface area (Å²) in [4.78, 5) is 61.4. The SMILES string of the molecule is C.COC(=O)c1ccc([C@@H](N)C(N)=O)cc1.Cn1c(=O)oc2ccc(CNC(=O)c3cc(C(=O)O)n4ncc(N)c4n3)cc21. The number of nitrogens with one attached hydrogen (secondary N) is 1. The summed E-state index contributed by atoms with van der Waals surface area (Å²) < 4.78 is 12.0. The monoisotopic (exact) mass is 606 g/mol. The Hall–Kier alpha value is -6.03. The van der Waals surface area contributed by atoms with Crippen LogP contribution in [0.5, 0.6) is 0 Å². The molecule has 0 fully saturated rings. The number of ether oxygens (including phenoxy) is 1. The number of aromatic nitrogens is 4. The highest BCUT2D eigenvalue weighted by Gasteiger charge is 2.19. The molecule has 0 unspecified atom stereocenters. The van der Waals surface area contributed by atoms with Gasteiger partial charge in [0.25, 0.3) is 5.91 Å². The molecule has 0 saturated heterocycles. The van der Waals surface area contributed by atoms with E-state index in [-0.39, 0.29) is 36.7 Å². The number of anilines is 1. The number of methoxy groups -OCH3 is 1. The maximum atomic E-state index is 12.5. The summed E-state index contributed by atoms with van der Waals surface area (Å²) in [5.41, 5.74) is 18.9. The molecule has 16 nitrogen and oxygen atoms in total. The van der Waals surface area contributed by atoms with Gasteiger partial charge in [0, 0.05) is 19.7 Å². The summed E-state index contributed by atoms with van der Waals surface area (Å²) in [5.74, 6) is -3.37. The van der Waals surface area contributed by atoms with E-state index in [0.29, 0.717) is 22.2 Å². The zero-order valence-corrected chi connectivity index (χ0v) is 22.8. The number of nitrogen functional groups attached to an aromatic ring is 1. The number of carbonyl (C=O) groups excluding carboxylic acids is 3. The molecule has 2 aromatic carbocycles. The molecule has 3 aromatic heterocycles. The van der Waals surface area contributed by atoms with Crippen LogP contribution in [0.15, 0.2) is 63.9 Å². The highest BCUT2D eigenvalue weighted by atomic mass is 16.5. The van der Waals surface area contributed by atoms with Crippen molar-refractivity contribution in [1.82, 2.24) is 24.5 Å². The lowest BCUT2D eigenvalue weighted by molar-refractivity contribution is -0.119. The molecule has 5 rings (SSSR count). The normalized spacial score (nSPS) is 11.2. The van der Waals surface area contributed by atoms with Crippen molar-refractivity contribution in [3.8, 4) is 0 Å². The van der Waals surface area contributed by atoms with Crippen molar-refractivity contribution in [3.63, 3.8) is 0 Å². The predicted molar refractivity (Wildman–Crippen MR) is 158 cm³/mol. The number of hydrogen-bond donors (Lipinski definition) is 5. The summed E-state index contributed by atoms with van der Waals surface area (Å²) in [6.45, 7) is 0.137. The van der Waals surface area contributed by atoms with Gasteiger partial charge in [-0.25, -0.2) is 23.9 Å². The molecular weight excluding hydrogens is 576 g/mol. The molecule has 5 aromatic rings. The molecule has 0 radical (unpaired) electrons. The Labute approximate surface area is 249 Å². The quantitative estimate of drug-likeness (QED) is 0.163. The second-order valence-corrected chi connectivity index (χ2v) is 9.07. The Morgan fingerprint density at radius 1 is 1.11 bits per heavy atom. The number of oxazole rings is 1. The molecule has 3 heterocycles. The molecule has 0 spiro atoms. The highest BCUT2D eigenvalue weighted by Crippen LogP contribution is 2.16. The molecule has 2 amide bonds. The van der Waals surface area contributed by atoms with E-state index in [1.807, 2.05) is 0 Å². The zero-order chi connectivity index (χ0) is 31.4. The minimum absolute atomic E-state index is 0. The summed E-state index contributed by atoms with van der Waals surface area (Å²) >= 11 is 0. The van der Waals surface area contributed by atoms with Crippen molar-refractivity contribution in [3.05, 3.63) is 93.4 Å². The van der Waals surface area contributed by atoms with E-state index in [1.54, 1.807) is 37.4 Å². The summed E-state index contributed by atoms with van der Waals surface area (Å²) in [6.07, 6.45) is 1.26. The number of carbonyl (C=O) groups is 4. The first-order chi connectivity index (χ1) is 20.4. The van der Waals surface area contributed by atoms with E-state index in [9.17, 15) is 29.1 Å². The Balaban J connectivity index is 0.000000282.